The van der Waals surface area contributed by atoms with E-state index in [-0.39, 0.29) is 0 Å². The molecule has 1 N–H and O–H groups in total. The summed E-state index contributed by atoms with van der Waals surface area (Å²) in [6.45, 7) is 1.80. The lowest BCUT2D eigenvalue weighted by atomic mass is 9.86. The van der Waals surface area contributed by atoms with E-state index in [9.17, 15) is 5.11 Å². The fourth-order valence-electron chi connectivity index (χ4n) is 2.16. The van der Waals surface area contributed by atoms with Crippen LogP contribution < -0.4 is 0 Å². The quantitative estimate of drug-likeness (QED) is 0.730. The average Bonchev–Trinajstić information content (AvgIpc) is 2.31. The molecule has 1 aliphatic heterocycles. The lowest BCUT2D eigenvalue weighted by Crippen LogP contribution is -2.37. The van der Waals surface area contributed by atoms with Crippen molar-refractivity contribution in [2.75, 3.05) is 0 Å². The molecule has 2 rings (SSSR count). The molecule has 0 saturated carbocycles. The molecule has 0 aliphatic carbocycles. The molecule has 1 saturated heterocycles. The molecule has 84 valence electrons. The van der Waals surface area contributed by atoms with Crippen LogP contribution in [0.4, 0.5) is 0 Å². The summed E-state index contributed by atoms with van der Waals surface area (Å²) in [6, 6.07) is 9.91. The maximum Gasteiger partial charge on any atom is 0.157 e. The Bertz CT molecular complexity index is 402. The summed E-state index contributed by atoms with van der Waals surface area (Å²) < 4.78 is 5.68. The fourth-order valence-corrected chi connectivity index (χ4v) is 2.16. The highest BCUT2D eigenvalue weighted by molar-refractivity contribution is 5.32. The number of aliphatic hydroxyl groups is 1. The van der Waals surface area contributed by atoms with E-state index in [0.717, 1.165) is 18.4 Å². The Morgan fingerprint density at radius 2 is 2.12 bits per heavy atom. The van der Waals surface area contributed by atoms with E-state index in [2.05, 4.69) is 11.8 Å². The van der Waals surface area contributed by atoms with Gasteiger partial charge in [-0.15, -0.1) is 5.92 Å². The SMILES string of the molecule is CC#CC1(c2ccccc2)CCCC(O)O1. The van der Waals surface area contributed by atoms with Crippen LogP contribution in [-0.2, 0) is 10.3 Å². The molecule has 2 heteroatoms. The molecule has 2 unspecified atom stereocenters. The van der Waals surface area contributed by atoms with Gasteiger partial charge in [-0.25, -0.2) is 0 Å². The smallest absolute Gasteiger partial charge is 0.157 e. The lowest BCUT2D eigenvalue weighted by Gasteiger charge is -2.36. The maximum atomic E-state index is 9.64. The Labute approximate surface area is 96.3 Å². The second-order valence-corrected chi connectivity index (χ2v) is 4.03. The third-order valence-corrected chi connectivity index (χ3v) is 2.88. The molecular weight excluding hydrogens is 200 g/mol. The van der Waals surface area contributed by atoms with Gasteiger partial charge < -0.3 is 9.84 Å². The number of hydrogen-bond donors (Lipinski definition) is 1. The van der Waals surface area contributed by atoms with Crippen LogP contribution in [0.25, 0.3) is 0 Å². The van der Waals surface area contributed by atoms with Gasteiger partial charge in [-0.1, -0.05) is 36.3 Å². The van der Waals surface area contributed by atoms with E-state index in [4.69, 9.17) is 4.74 Å². The topological polar surface area (TPSA) is 29.5 Å². The molecule has 0 spiro atoms. The first-order chi connectivity index (χ1) is 7.77. The number of hydrogen-bond acceptors (Lipinski definition) is 2. The van der Waals surface area contributed by atoms with Crippen LogP contribution >= 0.6 is 0 Å². The van der Waals surface area contributed by atoms with Crippen molar-refractivity contribution >= 4 is 0 Å². The Morgan fingerprint density at radius 1 is 1.38 bits per heavy atom. The van der Waals surface area contributed by atoms with E-state index in [0.29, 0.717) is 6.42 Å². The molecule has 0 bridgehead atoms. The Morgan fingerprint density at radius 3 is 2.75 bits per heavy atom. The highest BCUT2D eigenvalue weighted by Gasteiger charge is 2.36. The number of ether oxygens (including phenoxy) is 1. The van der Waals surface area contributed by atoms with E-state index >= 15 is 0 Å². The molecular formula is C14H16O2. The average molecular weight is 216 g/mol. The largest absolute Gasteiger partial charge is 0.368 e. The summed E-state index contributed by atoms with van der Waals surface area (Å²) in [5.41, 5.74) is 0.413. The summed E-state index contributed by atoms with van der Waals surface area (Å²) in [7, 11) is 0. The molecule has 16 heavy (non-hydrogen) atoms. The zero-order chi connectivity index (χ0) is 11.4. The van der Waals surface area contributed by atoms with Gasteiger partial charge in [0.2, 0.25) is 0 Å². The molecule has 0 amide bonds. The number of rotatable bonds is 1. The molecule has 1 aromatic rings. The predicted molar refractivity (Wildman–Crippen MR) is 62.5 cm³/mol. The summed E-state index contributed by atoms with van der Waals surface area (Å²) >= 11 is 0. The summed E-state index contributed by atoms with van der Waals surface area (Å²) in [6.07, 6.45) is 1.77. The minimum Gasteiger partial charge on any atom is -0.368 e. The molecule has 1 aromatic carbocycles. The van der Waals surface area contributed by atoms with Gasteiger partial charge in [0.05, 0.1) is 0 Å². The van der Waals surface area contributed by atoms with Crippen molar-refractivity contribution in [2.24, 2.45) is 0 Å². The van der Waals surface area contributed by atoms with E-state index in [1.54, 1.807) is 6.92 Å². The predicted octanol–water partition coefficient (Wildman–Crippen LogP) is 2.42. The van der Waals surface area contributed by atoms with Crippen LogP contribution in [0.2, 0.25) is 0 Å². The van der Waals surface area contributed by atoms with Crippen molar-refractivity contribution in [3.05, 3.63) is 35.9 Å². The van der Waals surface area contributed by atoms with E-state index < -0.39 is 11.9 Å². The minimum atomic E-state index is -0.699. The van der Waals surface area contributed by atoms with E-state index in [1.165, 1.54) is 0 Å². The van der Waals surface area contributed by atoms with Crippen LogP contribution in [0.15, 0.2) is 30.3 Å². The Balaban J connectivity index is 2.38. The lowest BCUT2D eigenvalue weighted by molar-refractivity contribution is -0.195. The van der Waals surface area contributed by atoms with Crippen LogP contribution in [0.3, 0.4) is 0 Å². The first-order valence-electron chi connectivity index (χ1n) is 5.62. The zero-order valence-electron chi connectivity index (χ0n) is 9.44. The summed E-state index contributed by atoms with van der Waals surface area (Å²) in [5, 5.41) is 9.64. The van der Waals surface area contributed by atoms with Crippen LogP contribution in [0.5, 0.6) is 0 Å². The summed E-state index contributed by atoms with van der Waals surface area (Å²) in [4.78, 5) is 0. The summed E-state index contributed by atoms with van der Waals surface area (Å²) in [5.74, 6) is 6.02. The van der Waals surface area contributed by atoms with Crippen molar-refractivity contribution in [3.8, 4) is 11.8 Å². The Kier molecular flexibility index (Phi) is 3.28. The van der Waals surface area contributed by atoms with Crippen LogP contribution in [0, 0.1) is 11.8 Å². The van der Waals surface area contributed by atoms with Crippen molar-refractivity contribution in [2.45, 2.75) is 38.1 Å². The first kappa shape index (κ1) is 11.2. The van der Waals surface area contributed by atoms with Crippen LogP contribution in [-0.4, -0.2) is 11.4 Å². The van der Waals surface area contributed by atoms with Gasteiger partial charge in [-0.05, 0) is 31.7 Å². The van der Waals surface area contributed by atoms with Gasteiger partial charge in [0.1, 0.15) is 0 Å². The second-order valence-electron chi connectivity index (χ2n) is 4.03. The highest BCUT2D eigenvalue weighted by atomic mass is 16.6. The Hall–Kier alpha value is -1.30. The number of benzene rings is 1. The standard InChI is InChI=1S/C14H16O2/c1-2-10-14(11-6-9-13(15)16-14)12-7-4-3-5-8-12/h3-5,7-8,13,15H,6,9,11H2,1H3. The molecule has 2 atom stereocenters. The van der Waals surface area contributed by atoms with Crippen molar-refractivity contribution < 1.29 is 9.84 Å². The molecule has 0 aromatic heterocycles. The number of aliphatic hydroxyl groups excluding tert-OH is 1. The third-order valence-electron chi connectivity index (χ3n) is 2.88. The van der Waals surface area contributed by atoms with Gasteiger partial charge in [0, 0.05) is 0 Å². The monoisotopic (exact) mass is 216 g/mol. The third kappa shape index (κ3) is 2.11. The molecule has 1 heterocycles. The molecule has 1 aliphatic rings. The molecule has 1 fully saturated rings. The molecule has 2 nitrogen and oxygen atoms in total. The highest BCUT2D eigenvalue weighted by Crippen LogP contribution is 2.36. The zero-order valence-corrected chi connectivity index (χ0v) is 9.44. The van der Waals surface area contributed by atoms with Gasteiger partial charge in [0.15, 0.2) is 11.9 Å². The molecule has 0 radical (unpaired) electrons. The van der Waals surface area contributed by atoms with Crippen molar-refractivity contribution in [1.29, 1.82) is 0 Å². The normalized spacial score (nSPS) is 29.2. The van der Waals surface area contributed by atoms with E-state index in [1.807, 2.05) is 30.3 Å². The first-order valence-corrected chi connectivity index (χ1v) is 5.62. The van der Waals surface area contributed by atoms with Crippen molar-refractivity contribution in [3.63, 3.8) is 0 Å². The fraction of sp³-hybridized carbons (Fsp3) is 0.429. The van der Waals surface area contributed by atoms with Gasteiger partial charge in [-0.2, -0.15) is 0 Å². The second kappa shape index (κ2) is 4.69. The van der Waals surface area contributed by atoms with Gasteiger partial charge >= 0.3 is 0 Å². The maximum absolute atomic E-state index is 9.64. The van der Waals surface area contributed by atoms with Crippen LogP contribution in [0.1, 0.15) is 31.7 Å². The minimum absolute atomic E-state index is 0.617. The van der Waals surface area contributed by atoms with Gasteiger partial charge in [-0.3, -0.25) is 0 Å². The van der Waals surface area contributed by atoms with Gasteiger partial charge in [0.25, 0.3) is 0 Å². The van der Waals surface area contributed by atoms with Crippen molar-refractivity contribution in [1.82, 2.24) is 0 Å².